The van der Waals surface area contributed by atoms with Crippen molar-refractivity contribution in [3.05, 3.63) is 0 Å². The zero-order chi connectivity index (χ0) is 9.72. The van der Waals surface area contributed by atoms with Gasteiger partial charge in [0.05, 0.1) is 0 Å². The third-order valence-corrected chi connectivity index (χ3v) is 2.97. The predicted molar refractivity (Wildman–Crippen MR) is 50.2 cm³/mol. The van der Waals surface area contributed by atoms with E-state index in [0.717, 1.165) is 6.42 Å². The second-order valence-corrected chi connectivity index (χ2v) is 4.07. The molecule has 0 rings (SSSR count). The summed E-state index contributed by atoms with van der Waals surface area (Å²) in [4.78, 5) is 0. The van der Waals surface area contributed by atoms with Gasteiger partial charge in [-0.15, -0.1) is 0 Å². The van der Waals surface area contributed by atoms with Crippen LogP contribution in [-0.2, 0) is 11.3 Å². The van der Waals surface area contributed by atoms with Crippen LogP contribution in [0.5, 0.6) is 0 Å². The molecule has 74 valence electrons. The van der Waals surface area contributed by atoms with Gasteiger partial charge in [-0.2, -0.15) is 0 Å². The lowest BCUT2D eigenvalue weighted by molar-refractivity contribution is 0.253. The first-order valence-corrected chi connectivity index (χ1v) is 5.43. The first kappa shape index (κ1) is 12.1. The van der Waals surface area contributed by atoms with Crippen LogP contribution in [0.25, 0.3) is 0 Å². The lowest BCUT2D eigenvalue weighted by Gasteiger charge is -2.33. The second kappa shape index (κ2) is 5.67. The van der Waals surface area contributed by atoms with E-state index in [1.807, 2.05) is 27.7 Å². The van der Waals surface area contributed by atoms with Crippen LogP contribution in [-0.4, -0.2) is 25.7 Å². The Bertz CT molecular complexity index is 150. The molecule has 0 aliphatic rings. The molecule has 0 saturated carbocycles. The molecule has 0 aromatic carbocycles. The molecule has 0 fully saturated rings. The monoisotopic (exact) mass is 192 g/mol. The standard InChI is InChI=1S/C8H19NO2S/c1-5-8(7(3)4)9(6-2)12(10)11/h7-8H,5-6H2,1-4H3,(H,10,11)/p-1. The third-order valence-electron chi connectivity index (χ3n) is 2.06. The summed E-state index contributed by atoms with van der Waals surface area (Å²) in [6.45, 7) is 8.53. The summed E-state index contributed by atoms with van der Waals surface area (Å²) >= 11 is -2.07. The molecule has 0 saturated heterocycles. The molecule has 0 aromatic rings. The lowest BCUT2D eigenvalue weighted by Crippen LogP contribution is -2.39. The Labute approximate surface area is 77.6 Å². The summed E-state index contributed by atoms with van der Waals surface area (Å²) in [5, 5.41) is 0. The van der Waals surface area contributed by atoms with Crippen LogP contribution in [0.1, 0.15) is 34.1 Å². The van der Waals surface area contributed by atoms with Gasteiger partial charge in [-0.1, -0.05) is 27.7 Å². The molecular weight excluding hydrogens is 174 g/mol. The average Bonchev–Trinajstić information content (AvgIpc) is 1.98. The maximum Gasteiger partial charge on any atom is 0.0235 e. The van der Waals surface area contributed by atoms with Crippen molar-refractivity contribution in [3.63, 3.8) is 0 Å². The fourth-order valence-electron chi connectivity index (χ4n) is 1.46. The molecule has 0 aliphatic heterocycles. The van der Waals surface area contributed by atoms with Crippen molar-refractivity contribution in [2.45, 2.75) is 40.2 Å². The smallest absolute Gasteiger partial charge is 0.0235 e. The molecule has 12 heavy (non-hydrogen) atoms. The molecule has 4 heteroatoms. The highest BCUT2D eigenvalue weighted by Crippen LogP contribution is 2.14. The van der Waals surface area contributed by atoms with E-state index in [-0.39, 0.29) is 6.04 Å². The first-order chi connectivity index (χ1) is 5.54. The molecule has 0 spiro atoms. The highest BCUT2D eigenvalue weighted by molar-refractivity contribution is 7.76. The van der Waals surface area contributed by atoms with Crippen molar-refractivity contribution in [1.29, 1.82) is 0 Å². The summed E-state index contributed by atoms with van der Waals surface area (Å²) in [5.74, 6) is 0.382. The second-order valence-electron chi connectivity index (χ2n) is 3.17. The van der Waals surface area contributed by atoms with Crippen LogP contribution in [0, 0.1) is 5.92 Å². The Balaban J connectivity index is 4.33. The van der Waals surface area contributed by atoms with Crippen LogP contribution >= 0.6 is 0 Å². The van der Waals surface area contributed by atoms with Crippen LogP contribution in [0.2, 0.25) is 0 Å². The quantitative estimate of drug-likeness (QED) is 0.620. The molecule has 0 aliphatic carbocycles. The zero-order valence-corrected chi connectivity index (χ0v) is 9.06. The number of rotatable bonds is 5. The highest BCUT2D eigenvalue weighted by atomic mass is 32.2. The number of hydrogen-bond donors (Lipinski definition) is 0. The van der Waals surface area contributed by atoms with Crippen molar-refractivity contribution >= 4 is 11.3 Å². The largest absolute Gasteiger partial charge is 0.760 e. The van der Waals surface area contributed by atoms with Gasteiger partial charge in [0.15, 0.2) is 0 Å². The topological polar surface area (TPSA) is 43.4 Å². The van der Waals surface area contributed by atoms with E-state index < -0.39 is 11.3 Å². The van der Waals surface area contributed by atoms with E-state index >= 15 is 0 Å². The van der Waals surface area contributed by atoms with Crippen LogP contribution in [0.3, 0.4) is 0 Å². The minimum Gasteiger partial charge on any atom is -0.760 e. The number of nitrogens with zero attached hydrogens (tertiary/aromatic N) is 1. The van der Waals surface area contributed by atoms with E-state index in [0.29, 0.717) is 12.5 Å². The average molecular weight is 192 g/mol. The maximum absolute atomic E-state index is 10.8. The lowest BCUT2D eigenvalue weighted by atomic mass is 10.0. The molecule has 3 nitrogen and oxygen atoms in total. The van der Waals surface area contributed by atoms with E-state index in [2.05, 4.69) is 0 Å². The molecule has 2 unspecified atom stereocenters. The predicted octanol–water partition coefficient (Wildman–Crippen LogP) is 1.54. The van der Waals surface area contributed by atoms with E-state index in [1.165, 1.54) is 4.31 Å². The SMILES string of the molecule is CCC(C(C)C)N(CC)S(=O)[O-]. The summed E-state index contributed by atoms with van der Waals surface area (Å²) in [7, 11) is 0. The van der Waals surface area contributed by atoms with Crippen molar-refractivity contribution in [2.75, 3.05) is 6.54 Å². The third kappa shape index (κ3) is 3.21. The van der Waals surface area contributed by atoms with Gasteiger partial charge >= 0.3 is 0 Å². The molecule has 0 amide bonds. The van der Waals surface area contributed by atoms with E-state index in [9.17, 15) is 8.76 Å². The van der Waals surface area contributed by atoms with Gasteiger partial charge in [0, 0.05) is 23.9 Å². The van der Waals surface area contributed by atoms with E-state index in [1.54, 1.807) is 0 Å². The van der Waals surface area contributed by atoms with Crippen molar-refractivity contribution < 1.29 is 8.76 Å². The van der Waals surface area contributed by atoms with Gasteiger partial charge in [-0.3, -0.25) is 4.21 Å². The highest BCUT2D eigenvalue weighted by Gasteiger charge is 2.18. The molecular formula is C8H18NO2S-. The Morgan fingerprint density at radius 3 is 2.00 bits per heavy atom. The molecule has 2 atom stereocenters. The van der Waals surface area contributed by atoms with Gasteiger partial charge in [-0.05, 0) is 12.3 Å². The zero-order valence-electron chi connectivity index (χ0n) is 8.24. The summed E-state index contributed by atoms with van der Waals surface area (Å²) in [5.41, 5.74) is 0. The molecule has 0 N–H and O–H groups in total. The Kier molecular flexibility index (Phi) is 5.70. The Hall–Kier alpha value is 0.0700. The summed E-state index contributed by atoms with van der Waals surface area (Å²) in [6.07, 6.45) is 0.874. The van der Waals surface area contributed by atoms with Crippen LogP contribution in [0.4, 0.5) is 0 Å². The van der Waals surface area contributed by atoms with Crippen LogP contribution < -0.4 is 0 Å². The van der Waals surface area contributed by atoms with Gasteiger partial charge in [-0.25, -0.2) is 4.31 Å². The van der Waals surface area contributed by atoms with Crippen molar-refractivity contribution in [1.82, 2.24) is 4.31 Å². The van der Waals surface area contributed by atoms with Gasteiger partial charge in [0.2, 0.25) is 0 Å². The minimum absolute atomic E-state index is 0.147. The Morgan fingerprint density at radius 1 is 1.42 bits per heavy atom. The van der Waals surface area contributed by atoms with E-state index in [4.69, 9.17) is 0 Å². The normalized spacial score (nSPS) is 16.9. The van der Waals surface area contributed by atoms with Gasteiger partial charge in [0.1, 0.15) is 0 Å². The molecule has 0 radical (unpaired) electrons. The number of hydrogen-bond acceptors (Lipinski definition) is 2. The van der Waals surface area contributed by atoms with Crippen LogP contribution in [0.15, 0.2) is 0 Å². The molecule has 0 aromatic heterocycles. The summed E-state index contributed by atoms with van der Waals surface area (Å²) < 4.78 is 23.0. The van der Waals surface area contributed by atoms with Crippen molar-refractivity contribution in [2.24, 2.45) is 5.92 Å². The van der Waals surface area contributed by atoms with Gasteiger partial charge < -0.3 is 4.55 Å². The van der Waals surface area contributed by atoms with Gasteiger partial charge in [0.25, 0.3) is 0 Å². The molecule has 0 heterocycles. The van der Waals surface area contributed by atoms with Crippen molar-refractivity contribution in [3.8, 4) is 0 Å². The maximum atomic E-state index is 10.8. The minimum atomic E-state index is -2.07. The molecule has 0 bridgehead atoms. The Morgan fingerprint density at radius 2 is 1.92 bits per heavy atom. The fourth-order valence-corrected chi connectivity index (χ4v) is 2.28. The summed E-state index contributed by atoms with van der Waals surface area (Å²) in [6, 6.07) is 0.147. The fraction of sp³-hybridized carbons (Fsp3) is 1.00. The first-order valence-electron chi connectivity index (χ1n) is 4.40.